The molecule has 0 aromatic heterocycles. The number of hydrogen-bond donors (Lipinski definition) is 17. The SMILES string of the molecule is NCCCCO[C@H]1OC(CO)[C@@H](O[C@@H]2OC(CO)[C@@H](O[C@@H]3OC(C(=O)O)[C@@H](O[C@H]4OC(CO)[C@H](O[C@H]5OC(CO)[C@@H](O)[C@H](O)C5O)[C@H](O)C4O)[C@H](O)C3O)[C@H](O)C2O)[C@H](O)C1O. The van der Waals surface area contributed by atoms with Crippen LogP contribution in [0.1, 0.15) is 12.8 Å². The summed E-state index contributed by atoms with van der Waals surface area (Å²) >= 11 is 0. The zero-order valence-electron chi connectivity index (χ0n) is 32.8. The Hall–Kier alpha value is -1.57. The normalized spacial score (nSPS) is 49.1. The van der Waals surface area contributed by atoms with E-state index in [1.165, 1.54) is 0 Å². The Morgan fingerprint density at radius 1 is 0.419 bits per heavy atom. The van der Waals surface area contributed by atoms with Gasteiger partial charge in [-0.3, -0.25) is 0 Å². The lowest BCUT2D eigenvalue weighted by molar-refractivity contribution is -0.390. The van der Waals surface area contributed by atoms with Crippen LogP contribution in [0.4, 0.5) is 0 Å². The summed E-state index contributed by atoms with van der Waals surface area (Å²) in [6.07, 6.45) is -46.6. The van der Waals surface area contributed by atoms with Gasteiger partial charge in [-0.15, -0.1) is 0 Å². The van der Waals surface area contributed by atoms with Crippen LogP contribution in [0.3, 0.4) is 0 Å². The number of nitrogens with two attached hydrogens (primary N) is 1. The van der Waals surface area contributed by atoms with Gasteiger partial charge < -0.3 is 135 Å². The van der Waals surface area contributed by atoms with E-state index in [1.54, 1.807) is 0 Å². The van der Waals surface area contributed by atoms with Crippen molar-refractivity contribution in [2.45, 2.75) is 166 Å². The van der Waals surface area contributed by atoms with Crippen molar-refractivity contribution >= 4 is 5.97 Å². The molecule has 5 heterocycles. The van der Waals surface area contributed by atoms with E-state index in [1.807, 2.05) is 0 Å². The van der Waals surface area contributed by atoms with Crippen LogP contribution in [0.25, 0.3) is 0 Å². The molecule has 28 nitrogen and oxygen atoms in total. The van der Waals surface area contributed by atoms with E-state index in [2.05, 4.69) is 0 Å². The number of carboxylic acid groups (broad SMARTS) is 1. The third-order valence-electron chi connectivity index (χ3n) is 11.1. The summed E-state index contributed by atoms with van der Waals surface area (Å²) in [6.45, 7) is -3.17. The maximum absolute atomic E-state index is 12.4. The van der Waals surface area contributed by atoms with Crippen LogP contribution in [0.2, 0.25) is 0 Å². The van der Waals surface area contributed by atoms with Gasteiger partial charge in [0.15, 0.2) is 37.6 Å². The molecule has 0 aromatic rings. The van der Waals surface area contributed by atoms with Crippen molar-refractivity contribution in [2.24, 2.45) is 5.73 Å². The Balaban J connectivity index is 1.23. The predicted octanol–water partition coefficient (Wildman–Crippen LogP) is -11.1. The van der Waals surface area contributed by atoms with E-state index < -0.39 is 186 Å². The smallest absolute Gasteiger partial charge is 0.335 e. The first-order chi connectivity index (χ1) is 29.4. The van der Waals surface area contributed by atoms with Gasteiger partial charge >= 0.3 is 5.97 Å². The average Bonchev–Trinajstić information content (AvgIpc) is 3.25. The third kappa shape index (κ3) is 11.0. The molecule has 25 atom stereocenters. The molecule has 0 radical (unpaired) electrons. The zero-order valence-corrected chi connectivity index (χ0v) is 32.8. The summed E-state index contributed by atoms with van der Waals surface area (Å²) in [4.78, 5) is 12.4. The van der Waals surface area contributed by atoms with Gasteiger partial charge in [0.05, 0.1) is 26.4 Å². The van der Waals surface area contributed by atoms with Gasteiger partial charge in [-0.05, 0) is 19.4 Å². The van der Waals surface area contributed by atoms with Crippen LogP contribution in [0.5, 0.6) is 0 Å². The molecule has 0 amide bonds. The molecule has 0 bridgehead atoms. The van der Waals surface area contributed by atoms with Crippen LogP contribution in [0, 0.1) is 0 Å². The van der Waals surface area contributed by atoms with Gasteiger partial charge in [-0.1, -0.05) is 0 Å². The molecule has 0 saturated carbocycles. The maximum Gasteiger partial charge on any atom is 0.335 e. The van der Waals surface area contributed by atoms with E-state index >= 15 is 0 Å². The van der Waals surface area contributed by atoms with Crippen molar-refractivity contribution < 1.29 is 134 Å². The van der Waals surface area contributed by atoms with Gasteiger partial charge in [0.2, 0.25) is 0 Å². The lowest BCUT2D eigenvalue weighted by Gasteiger charge is -2.49. The average molecular weight is 914 g/mol. The molecule has 5 aliphatic rings. The van der Waals surface area contributed by atoms with E-state index in [0.29, 0.717) is 19.4 Å². The van der Waals surface area contributed by atoms with E-state index in [4.69, 9.17) is 53.1 Å². The second-order valence-corrected chi connectivity index (χ2v) is 15.3. The number of ether oxygens (including phenoxy) is 10. The lowest BCUT2D eigenvalue weighted by Crippen LogP contribution is -2.68. The summed E-state index contributed by atoms with van der Waals surface area (Å²) in [5.41, 5.74) is 5.46. The van der Waals surface area contributed by atoms with Crippen LogP contribution < -0.4 is 5.73 Å². The number of rotatable bonds is 18. The first-order valence-electron chi connectivity index (χ1n) is 19.8. The summed E-state index contributed by atoms with van der Waals surface area (Å²) in [6, 6.07) is 0. The standard InChI is InChI=1S/C34H59NO27/c35-3-1-2-4-53-30-20(47)15(42)24(10(6-37)55-30)59-32-21(48)16(43)26(12(8-39)56-32)60-34-23(50)18(45)27(28(62-34)29(51)52)61-33-22(49)17(44)25(11(7-38)57-33)58-31-19(46)14(41)13(40)9(5-36)54-31/h9-28,30-34,36-50H,1-8,35H2,(H,51,52)/t9?,10?,11?,12?,13-,14+,15-,16-,17-,18-,19?,20?,21?,22?,23?,24-,25+,26-,27+,28?,30+,31-,32+,33-,34-/m1/s1. The number of unbranched alkanes of at least 4 members (excludes halogenated alkanes) is 1. The Morgan fingerprint density at radius 2 is 0.758 bits per heavy atom. The van der Waals surface area contributed by atoms with Crippen molar-refractivity contribution in [1.29, 1.82) is 0 Å². The fourth-order valence-corrected chi connectivity index (χ4v) is 7.57. The molecule has 10 unspecified atom stereocenters. The molecule has 5 rings (SSSR count). The van der Waals surface area contributed by atoms with Crippen molar-refractivity contribution in [3.05, 3.63) is 0 Å². The fraction of sp³-hybridized carbons (Fsp3) is 0.971. The van der Waals surface area contributed by atoms with Crippen molar-refractivity contribution in [2.75, 3.05) is 39.6 Å². The molecule has 5 saturated heterocycles. The number of aliphatic hydroxyl groups is 15. The molecular weight excluding hydrogens is 854 g/mol. The van der Waals surface area contributed by atoms with E-state index in [9.17, 15) is 86.5 Å². The maximum atomic E-state index is 12.4. The quantitative estimate of drug-likeness (QED) is 0.0568. The number of aliphatic hydroxyl groups excluding tert-OH is 15. The minimum atomic E-state index is -2.31. The Labute approximate surface area is 351 Å². The highest BCUT2D eigenvalue weighted by molar-refractivity contribution is 5.73. The van der Waals surface area contributed by atoms with Crippen molar-refractivity contribution in [3.8, 4) is 0 Å². The van der Waals surface area contributed by atoms with Crippen LogP contribution in [0.15, 0.2) is 0 Å². The van der Waals surface area contributed by atoms with Crippen molar-refractivity contribution in [1.82, 2.24) is 0 Å². The fourth-order valence-electron chi connectivity index (χ4n) is 7.57. The largest absolute Gasteiger partial charge is 0.479 e. The minimum Gasteiger partial charge on any atom is -0.479 e. The highest BCUT2D eigenvalue weighted by Gasteiger charge is 2.57. The second-order valence-electron chi connectivity index (χ2n) is 15.3. The minimum absolute atomic E-state index is 0.0891. The first kappa shape index (κ1) is 51.4. The number of carbonyl (C=O) groups is 1. The van der Waals surface area contributed by atoms with Gasteiger partial charge in [0.1, 0.15) is 116 Å². The Kier molecular flexibility index (Phi) is 18.9. The molecule has 0 spiro atoms. The summed E-state index contributed by atoms with van der Waals surface area (Å²) in [5, 5.41) is 168. The first-order valence-corrected chi connectivity index (χ1v) is 19.8. The topological polar surface area (TPSA) is 459 Å². The number of hydrogen-bond acceptors (Lipinski definition) is 27. The summed E-state index contributed by atoms with van der Waals surface area (Å²) < 4.78 is 54.9. The molecule has 362 valence electrons. The molecule has 0 aliphatic carbocycles. The molecule has 5 aliphatic heterocycles. The van der Waals surface area contributed by atoms with Crippen LogP contribution in [-0.4, -0.2) is 281 Å². The Bertz CT molecular complexity index is 1370. The van der Waals surface area contributed by atoms with Gasteiger partial charge in [-0.2, -0.15) is 0 Å². The number of carboxylic acids is 1. The zero-order chi connectivity index (χ0) is 45.7. The van der Waals surface area contributed by atoms with Gasteiger partial charge in [0, 0.05) is 6.61 Å². The summed E-state index contributed by atoms with van der Waals surface area (Å²) in [7, 11) is 0. The Morgan fingerprint density at radius 3 is 1.16 bits per heavy atom. The van der Waals surface area contributed by atoms with Crippen molar-refractivity contribution in [3.63, 3.8) is 0 Å². The molecule has 0 aromatic carbocycles. The van der Waals surface area contributed by atoms with Crippen LogP contribution in [-0.2, 0) is 52.2 Å². The lowest BCUT2D eigenvalue weighted by atomic mass is 9.95. The molecule has 62 heavy (non-hydrogen) atoms. The third-order valence-corrected chi connectivity index (χ3v) is 11.1. The highest BCUT2D eigenvalue weighted by Crippen LogP contribution is 2.36. The van der Waals surface area contributed by atoms with E-state index in [0.717, 1.165) is 0 Å². The number of aliphatic carboxylic acids is 1. The molecule has 5 fully saturated rings. The molecule has 28 heteroatoms. The molecule has 18 N–H and O–H groups in total. The summed E-state index contributed by atoms with van der Waals surface area (Å²) in [5.74, 6) is -1.87. The van der Waals surface area contributed by atoms with E-state index in [-0.39, 0.29) is 6.61 Å². The predicted molar refractivity (Wildman–Crippen MR) is 189 cm³/mol. The molecular formula is C34H59NO27. The van der Waals surface area contributed by atoms with Crippen LogP contribution >= 0.6 is 0 Å². The second kappa shape index (κ2) is 22.8. The van der Waals surface area contributed by atoms with Gasteiger partial charge in [-0.25, -0.2) is 4.79 Å². The monoisotopic (exact) mass is 913 g/mol. The van der Waals surface area contributed by atoms with Gasteiger partial charge in [0.25, 0.3) is 0 Å². The highest BCUT2D eigenvalue weighted by atomic mass is 16.8.